The zero-order valence-electron chi connectivity index (χ0n) is 25.4. The highest BCUT2D eigenvalue weighted by Crippen LogP contribution is 2.08. The van der Waals surface area contributed by atoms with Gasteiger partial charge in [-0.05, 0) is 24.8 Å². The summed E-state index contributed by atoms with van der Waals surface area (Å²) in [6.07, 6.45) is -2.19. The van der Waals surface area contributed by atoms with E-state index in [0.717, 1.165) is 0 Å². The lowest BCUT2D eigenvalue weighted by atomic mass is 10.0. The molecule has 1 aromatic carbocycles. The van der Waals surface area contributed by atoms with Gasteiger partial charge in [-0.15, -0.1) is 0 Å². The number of carbonyl (C=O) groups is 7. The lowest BCUT2D eigenvalue weighted by molar-refractivity contribution is -0.409. The Balaban J connectivity index is 3.11. The van der Waals surface area contributed by atoms with E-state index in [1.54, 1.807) is 44.2 Å². The molecule has 250 valence electrons. The van der Waals surface area contributed by atoms with Crippen molar-refractivity contribution in [3.63, 3.8) is 0 Å². The molecule has 13 N–H and O–H groups in total. The summed E-state index contributed by atoms with van der Waals surface area (Å²) in [6.45, 7) is 3.38. The van der Waals surface area contributed by atoms with E-state index in [0.29, 0.717) is 5.56 Å². The number of rotatable bonds is 19. The number of quaternary nitrogens is 1. The highest BCUT2D eigenvalue weighted by Gasteiger charge is 2.34. The van der Waals surface area contributed by atoms with Crippen molar-refractivity contribution in [3.05, 3.63) is 35.9 Å². The first-order valence-corrected chi connectivity index (χ1v) is 14.2. The molecule has 0 aliphatic carbocycles. The zero-order chi connectivity index (χ0) is 34.3. The van der Waals surface area contributed by atoms with Crippen molar-refractivity contribution in [2.75, 3.05) is 13.2 Å². The van der Waals surface area contributed by atoms with Crippen LogP contribution in [0.5, 0.6) is 0 Å². The van der Waals surface area contributed by atoms with Crippen molar-refractivity contribution in [2.45, 2.75) is 76.3 Å². The predicted octanol–water partition coefficient (Wildman–Crippen LogP) is -4.73. The van der Waals surface area contributed by atoms with Gasteiger partial charge in [-0.2, -0.15) is 0 Å². The summed E-state index contributed by atoms with van der Waals surface area (Å²) in [5.41, 5.74) is 9.12. The number of hydrogen-bond acceptors (Lipinski definition) is 9. The molecule has 0 fully saturated rings. The molecule has 6 amide bonds. The monoisotopic (exact) mass is 638 g/mol. The van der Waals surface area contributed by atoms with Crippen LogP contribution in [-0.4, -0.2) is 106 Å². The maximum Gasteiger partial charge on any atom is 0.326 e. The van der Waals surface area contributed by atoms with Crippen LogP contribution in [0.3, 0.4) is 0 Å². The molecule has 6 atom stereocenters. The van der Waals surface area contributed by atoms with E-state index in [2.05, 4.69) is 32.3 Å². The lowest BCUT2D eigenvalue weighted by Crippen LogP contribution is -2.69. The van der Waals surface area contributed by atoms with Gasteiger partial charge in [0.25, 0.3) is 5.91 Å². The lowest BCUT2D eigenvalue weighted by Gasteiger charge is -2.28. The first-order chi connectivity index (χ1) is 21.1. The summed E-state index contributed by atoms with van der Waals surface area (Å²) in [5, 5.41) is 40.7. The Hall–Kier alpha value is -4.61. The van der Waals surface area contributed by atoms with E-state index in [9.17, 15) is 43.8 Å². The van der Waals surface area contributed by atoms with Crippen molar-refractivity contribution < 1.29 is 54.6 Å². The summed E-state index contributed by atoms with van der Waals surface area (Å²) < 4.78 is 0. The second-order valence-electron chi connectivity index (χ2n) is 10.8. The molecule has 0 radical (unpaired) electrons. The van der Waals surface area contributed by atoms with Crippen LogP contribution in [0, 0.1) is 5.92 Å². The van der Waals surface area contributed by atoms with E-state index < -0.39 is 96.8 Å². The molecule has 0 unspecified atom stereocenters. The third kappa shape index (κ3) is 13.7. The van der Waals surface area contributed by atoms with Crippen LogP contribution >= 0.6 is 0 Å². The number of nitrogens with one attached hydrogen (secondary N) is 5. The molecule has 0 saturated heterocycles. The molecule has 17 nitrogen and oxygen atoms in total. The second-order valence-corrected chi connectivity index (χ2v) is 10.8. The van der Waals surface area contributed by atoms with Gasteiger partial charge in [-0.25, -0.2) is 4.79 Å². The van der Waals surface area contributed by atoms with E-state index in [-0.39, 0.29) is 19.3 Å². The molecule has 0 bridgehead atoms. The molecule has 0 heterocycles. The number of aliphatic hydroxyl groups is 2. The Morgan fingerprint density at radius 3 is 1.91 bits per heavy atom. The van der Waals surface area contributed by atoms with E-state index in [1.165, 1.54) is 6.92 Å². The molecule has 0 saturated carbocycles. The molecule has 0 aliphatic heterocycles. The maximum atomic E-state index is 13.3. The van der Waals surface area contributed by atoms with Crippen LogP contribution in [0.2, 0.25) is 0 Å². The molecule has 0 aliphatic rings. The third-order valence-corrected chi connectivity index (χ3v) is 6.55. The van der Waals surface area contributed by atoms with Gasteiger partial charge in [-0.1, -0.05) is 44.2 Å². The number of aliphatic hydroxyl groups excluding tert-OH is 2. The number of aliphatic carboxylic acids is 1. The highest BCUT2D eigenvalue weighted by atomic mass is 16.4. The van der Waals surface area contributed by atoms with Crippen molar-refractivity contribution in [1.29, 1.82) is 0 Å². The summed E-state index contributed by atoms with van der Waals surface area (Å²) >= 11 is 0. The van der Waals surface area contributed by atoms with Crippen molar-refractivity contribution >= 4 is 41.4 Å². The van der Waals surface area contributed by atoms with Gasteiger partial charge in [0.15, 0.2) is 6.04 Å². The Kier molecular flexibility index (Phi) is 16.2. The number of hydrogen-bond donors (Lipinski definition) is 10. The average molecular weight is 639 g/mol. The third-order valence-electron chi connectivity index (χ3n) is 6.55. The summed E-state index contributed by atoms with van der Waals surface area (Å²) in [4.78, 5) is 86.7. The van der Waals surface area contributed by atoms with Gasteiger partial charge in [-0.3, -0.25) is 28.8 Å². The van der Waals surface area contributed by atoms with Gasteiger partial charge in [0.05, 0.1) is 12.6 Å². The maximum absolute atomic E-state index is 13.3. The molecule has 17 heteroatoms. The van der Waals surface area contributed by atoms with Crippen LogP contribution in [0.25, 0.3) is 0 Å². The molecule has 45 heavy (non-hydrogen) atoms. The molecule has 1 aromatic rings. The first-order valence-electron chi connectivity index (χ1n) is 14.2. The summed E-state index contributed by atoms with van der Waals surface area (Å²) in [7, 11) is 0. The minimum absolute atomic E-state index is 0.0954. The van der Waals surface area contributed by atoms with Crippen LogP contribution in [-0.2, 0) is 40.0 Å². The van der Waals surface area contributed by atoms with Crippen molar-refractivity contribution in [3.8, 4) is 0 Å². The van der Waals surface area contributed by atoms with Crippen molar-refractivity contribution in [2.24, 2.45) is 11.7 Å². The van der Waals surface area contributed by atoms with Crippen molar-refractivity contribution in [1.82, 2.24) is 26.6 Å². The van der Waals surface area contributed by atoms with E-state index >= 15 is 0 Å². The summed E-state index contributed by atoms with van der Waals surface area (Å²) in [5.74, 6) is -6.86. The molecule has 0 aromatic heterocycles. The van der Waals surface area contributed by atoms with Crippen LogP contribution in [0.15, 0.2) is 30.3 Å². The quantitative estimate of drug-likeness (QED) is 0.0690. The molecular weight excluding hydrogens is 594 g/mol. The van der Waals surface area contributed by atoms with Gasteiger partial charge in [0.1, 0.15) is 30.8 Å². The smallest absolute Gasteiger partial charge is 0.326 e. The van der Waals surface area contributed by atoms with E-state index in [4.69, 9.17) is 10.8 Å². The number of carboxylic acid groups (broad SMARTS) is 1. The van der Waals surface area contributed by atoms with Gasteiger partial charge >= 0.3 is 5.97 Å². The fraction of sp³-hybridized carbons (Fsp3) is 0.536. The Morgan fingerprint density at radius 1 is 0.822 bits per heavy atom. The highest BCUT2D eigenvalue weighted by molar-refractivity contribution is 5.96. The minimum Gasteiger partial charge on any atom is -0.480 e. The largest absolute Gasteiger partial charge is 0.480 e. The number of primary amides is 1. The van der Waals surface area contributed by atoms with Crippen LogP contribution in [0.1, 0.15) is 39.2 Å². The van der Waals surface area contributed by atoms with Gasteiger partial charge < -0.3 is 53.4 Å². The second kappa shape index (κ2) is 18.9. The van der Waals surface area contributed by atoms with E-state index in [1.807, 2.05) is 0 Å². The molecule has 0 spiro atoms. The Labute approximate surface area is 259 Å². The SMILES string of the molecule is CC(C)[C@H](NC(=O)CNC(=O)[C@@H]([NH3+])CO)C(=O)N[C@H](C(=O)N[C@@H](Cc1ccccc1)C(=O)N[C@@H](CCC(N)=O)C(=O)O)[C@@H](C)O. The molecular formula is C28H44N7O10+. The average Bonchev–Trinajstić information content (AvgIpc) is 2.98. The number of carbonyl (C=O) groups excluding carboxylic acids is 6. The fourth-order valence-corrected chi connectivity index (χ4v) is 3.94. The number of amides is 6. The van der Waals surface area contributed by atoms with Gasteiger partial charge in [0.2, 0.25) is 29.5 Å². The predicted molar refractivity (Wildman–Crippen MR) is 157 cm³/mol. The standard InChI is InChI=1S/C28H43N7O10/c1-14(2)22(34-21(39)12-31-24(40)17(29)13-36)26(42)35-23(15(3)37)27(43)33-19(11-16-7-5-4-6-8-16)25(41)32-18(28(44)45)9-10-20(30)38/h4-8,14-15,17-19,22-23,36-37H,9-13,29H2,1-3H3,(H2,30,38)(H,31,40)(H,32,41)(H,33,43)(H,34,39)(H,35,42)(H,44,45)/p+1/t15-,17+,18+,19+,22+,23+/m1/s1. The van der Waals surface area contributed by atoms with Crippen LogP contribution < -0.4 is 38.1 Å². The first kappa shape index (κ1) is 38.4. The normalized spacial score (nSPS) is 14.9. The Morgan fingerprint density at radius 2 is 1.40 bits per heavy atom. The number of benzene rings is 1. The fourth-order valence-electron chi connectivity index (χ4n) is 3.94. The summed E-state index contributed by atoms with van der Waals surface area (Å²) in [6, 6.07) is 1.77. The number of carboxylic acids is 1. The van der Waals surface area contributed by atoms with Gasteiger partial charge in [0, 0.05) is 12.8 Å². The number of nitrogens with two attached hydrogens (primary N) is 1. The topological polar surface area (TPSA) is 294 Å². The minimum atomic E-state index is -1.61. The molecule has 1 rings (SSSR count). The van der Waals surface area contributed by atoms with Crippen LogP contribution in [0.4, 0.5) is 0 Å². The Bertz CT molecular complexity index is 1200. The zero-order valence-corrected chi connectivity index (χ0v) is 25.4.